The second-order valence-electron chi connectivity index (χ2n) is 6.43. The lowest BCUT2D eigenvalue weighted by Gasteiger charge is -2.13. The first-order valence-electron chi connectivity index (χ1n) is 8.46. The minimum absolute atomic E-state index is 0.228. The molecule has 0 bridgehead atoms. The van der Waals surface area contributed by atoms with Gasteiger partial charge in [0, 0.05) is 37.3 Å². The van der Waals surface area contributed by atoms with Crippen molar-refractivity contribution in [1.82, 2.24) is 15.2 Å². The van der Waals surface area contributed by atoms with Gasteiger partial charge in [0.15, 0.2) is 6.10 Å². The molecule has 7 heteroatoms. The predicted octanol–water partition coefficient (Wildman–Crippen LogP) is 1.78. The third kappa shape index (κ3) is 4.70. The highest BCUT2D eigenvalue weighted by Crippen LogP contribution is 2.29. The SMILES string of the molecule is CN(C)CCOc1cc(CNC(=O)C2Cc3cc(F)ccc3O2)ccn1. The number of nitrogens with zero attached hydrogens (tertiary/aromatic N) is 2. The summed E-state index contributed by atoms with van der Waals surface area (Å²) in [5.74, 6) is 0.533. The van der Waals surface area contributed by atoms with E-state index in [0.29, 0.717) is 36.8 Å². The van der Waals surface area contributed by atoms with Gasteiger partial charge in [0.1, 0.15) is 18.2 Å². The summed E-state index contributed by atoms with van der Waals surface area (Å²) in [5.41, 5.74) is 1.60. The Bertz CT molecular complexity index is 782. The van der Waals surface area contributed by atoms with E-state index in [1.165, 1.54) is 12.1 Å². The van der Waals surface area contributed by atoms with Gasteiger partial charge in [-0.1, -0.05) is 0 Å². The van der Waals surface area contributed by atoms with Crippen molar-refractivity contribution in [2.75, 3.05) is 27.2 Å². The molecule has 3 rings (SSSR count). The van der Waals surface area contributed by atoms with Gasteiger partial charge < -0.3 is 19.7 Å². The molecule has 2 heterocycles. The first kappa shape index (κ1) is 18.1. The van der Waals surface area contributed by atoms with Crippen LogP contribution in [-0.2, 0) is 17.8 Å². The lowest BCUT2D eigenvalue weighted by atomic mass is 10.1. The second kappa shape index (κ2) is 8.14. The zero-order valence-corrected chi connectivity index (χ0v) is 14.9. The fourth-order valence-electron chi connectivity index (χ4n) is 2.64. The van der Waals surface area contributed by atoms with E-state index < -0.39 is 6.10 Å². The molecule has 0 saturated heterocycles. The lowest BCUT2D eigenvalue weighted by molar-refractivity contribution is -0.127. The quantitative estimate of drug-likeness (QED) is 0.817. The Hall–Kier alpha value is -2.67. The molecule has 0 spiro atoms. The van der Waals surface area contributed by atoms with Crippen molar-refractivity contribution in [3.63, 3.8) is 0 Å². The number of amides is 1. The predicted molar refractivity (Wildman–Crippen MR) is 94.7 cm³/mol. The van der Waals surface area contributed by atoms with Gasteiger partial charge in [-0.25, -0.2) is 9.37 Å². The zero-order chi connectivity index (χ0) is 18.5. The zero-order valence-electron chi connectivity index (χ0n) is 14.9. The number of nitrogens with one attached hydrogen (secondary N) is 1. The van der Waals surface area contributed by atoms with Crippen LogP contribution in [0.2, 0.25) is 0 Å². The number of rotatable bonds is 7. The van der Waals surface area contributed by atoms with Crippen molar-refractivity contribution in [1.29, 1.82) is 0 Å². The van der Waals surface area contributed by atoms with Crippen LogP contribution in [0.1, 0.15) is 11.1 Å². The molecule has 1 atom stereocenters. The molecule has 138 valence electrons. The molecule has 0 radical (unpaired) electrons. The normalized spacial score (nSPS) is 15.5. The lowest BCUT2D eigenvalue weighted by Crippen LogP contribution is -2.37. The standard InChI is InChI=1S/C19H22FN3O3/c1-23(2)7-8-25-18-9-13(5-6-21-18)12-22-19(24)17-11-14-10-15(20)3-4-16(14)26-17/h3-6,9-10,17H,7-8,11-12H2,1-2H3,(H,22,24). The molecule has 1 unspecified atom stereocenters. The third-order valence-electron chi connectivity index (χ3n) is 4.04. The highest BCUT2D eigenvalue weighted by molar-refractivity contribution is 5.82. The second-order valence-corrected chi connectivity index (χ2v) is 6.43. The molecule has 6 nitrogen and oxygen atoms in total. The van der Waals surface area contributed by atoms with E-state index in [4.69, 9.17) is 9.47 Å². The Morgan fingerprint density at radius 2 is 2.23 bits per heavy atom. The van der Waals surface area contributed by atoms with Crippen molar-refractivity contribution in [3.05, 3.63) is 53.5 Å². The van der Waals surface area contributed by atoms with Crippen LogP contribution in [-0.4, -0.2) is 49.1 Å². The molecule has 1 N–H and O–H groups in total. The summed E-state index contributed by atoms with van der Waals surface area (Å²) in [7, 11) is 3.95. The number of hydrogen-bond donors (Lipinski definition) is 1. The number of ether oxygens (including phenoxy) is 2. The van der Waals surface area contributed by atoms with E-state index in [1.807, 2.05) is 25.1 Å². The van der Waals surface area contributed by atoms with Gasteiger partial charge in [0.2, 0.25) is 5.88 Å². The van der Waals surface area contributed by atoms with Crippen LogP contribution in [0.25, 0.3) is 0 Å². The Morgan fingerprint density at radius 3 is 3.04 bits per heavy atom. The molecule has 0 saturated carbocycles. The first-order chi connectivity index (χ1) is 12.5. The summed E-state index contributed by atoms with van der Waals surface area (Å²) in [4.78, 5) is 18.5. The topological polar surface area (TPSA) is 63.7 Å². The summed E-state index contributed by atoms with van der Waals surface area (Å²) in [6, 6.07) is 7.91. The number of fused-ring (bicyclic) bond motifs is 1. The number of hydrogen-bond acceptors (Lipinski definition) is 5. The average molecular weight is 359 g/mol. The summed E-state index contributed by atoms with van der Waals surface area (Å²) >= 11 is 0. The molecule has 26 heavy (non-hydrogen) atoms. The van der Waals surface area contributed by atoms with Crippen LogP contribution in [0.5, 0.6) is 11.6 Å². The number of pyridine rings is 1. The summed E-state index contributed by atoms with van der Waals surface area (Å²) in [5, 5.41) is 2.84. The summed E-state index contributed by atoms with van der Waals surface area (Å²) < 4.78 is 24.4. The number of likely N-dealkylation sites (N-methyl/N-ethyl adjacent to an activating group) is 1. The highest BCUT2D eigenvalue weighted by Gasteiger charge is 2.29. The fourth-order valence-corrected chi connectivity index (χ4v) is 2.64. The van der Waals surface area contributed by atoms with Gasteiger partial charge in [-0.3, -0.25) is 4.79 Å². The molecule has 2 aromatic rings. The summed E-state index contributed by atoms with van der Waals surface area (Å²) in [6.45, 7) is 1.68. The van der Waals surface area contributed by atoms with Gasteiger partial charge >= 0.3 is 0 Å². The molecule has 1 amide bonds. The van der Waals surface area contributed by atoms with E-state index in [-0.39, 0.29) is 11.7 Å². The maximum atomic E-state index is 13.3. The van der Waals surface area contributed by atoms with Gasteiger partial charge in [0.05, 0.1) is 0 Å². The number of halogens is 1. The van der Waals surface area contributed by atoms with Crippen LogP contribution in [0, 0.1) is 5.82 Å². The van der Waals surface area contributed by atoms with Crippen molar-refractivity contribution in [3.8, 4) is 11.6 Å². The largest absolute Gasteiger partial charge is 0.480 e. The number of carbonyl (C=O) groups is 1. The van der Waals surface area contributed by atoms with Crippen molar-refractivity contribution < 1.29 is 18.7 Å². The van der Waals surface area contributed by atoms with E-state index in [0.717, 1.165) is 12.1 Å². The van der Waals surface area contributed by atoms with Crippen molar-refractivity contribution in [2.24, 2.45) is 0 Å². The molecule has 1 aliphatic heterocycles. The highest BCUT2D eigenvalue weighted by atomic mass is 19.1. The first-order valence-corrected chi connectivity index (χ1v) is 8.46. The average Bonchev–Trinajstić information content (AvgIpc) is 3.03. The van der Waals surface area contributed by atoms with Gasteiger partial charge in [-0.15, -0.1) is 0 Å². The smallest absolute Gasteiger partial charge is 0.261 e. The monoisotopic (exact) mass is 359 g/mol. The Balaban J connectivity index is 1.51. The molecule has 1 aliphatic rings. The maximum absolute atomic E-state index is 13.3. The molecule has 1 aromatic carbocycles. The Labute approximate surface area is 151 Å². The van der Waals surface area contributed by atoms with E-state index >= 15 is 0 Å². The number of carbonyl (C=O) groups excluding carboxylic acids is 1. The fraction of sp³-hybridized carbons (Fsp3) is 0.368. The van der Waals surface area contributed by atoms with Crippen molar-refractivity contribution in [2.45, 2.75) is 19.1 Å². The maximum Gasteiger partial charge on any atom is 0.261 e. The minimum atomic E-state index is -0.635. The number of benzene rings is 1. The minimum Gasteiger partial charge on any atom is -0.480 e. The van der Waals surface area contributed by atoms with Crippen LogP contribution in [0.4, 0.5) is 4.39 Å². The molecule has 1 aromatic heterocycles. The van der Waals surface area contributed by atoms with Crippen molar-refractivity contribution >= 4 is 5.91 Å². The molecule has 0 aliphatic carbocycles. The molecular weight excluding hydrogens is 337 g/mol. The van der Waals surface area contributed by atoms with Crippen LogP contribution < -0.4 is 14.8 Å². The van der Waals surface area contributed by atoms with Crippen LogP contribution in [0.15, 0.2) is 36.5 Å². The Morgan fingerprint density at radius 1 is 1.38 bits per heavy atom. The molecule has 0 fully saturated rings. The Kier molecular flexibility index (Phi) is 5.68. The third-order valence-corrected chi connectivity index (χ3v) is 4.04. The number of aromatic nitrogens is 1. The van der Waals surface area contributed by atoms with E-state index in [2.05, 4.69) is 10.3 Å². The summed E-state index contributed by atoms with van der Waals surface area (Å²) in [6.07, 6.45) is 1.38. The van der Waals surface area contributed by atoms with Gasteiger partial charge in [0.25, 0.3) is 5.91 Å². The van der Waals surface area contributed by atoms with Crippen LogP contribution in [0.3, 0.4) is 0 Å². The van der Waals surface area contributed by atoms with E-state index in [9.17, 15) is 9.18 Å². The van der Waals surface area contributed by atoms with Crippen LogP contribution >= 0.6 is 0 Å². The van der Waals surface area contributed by atoms with E-state index in [1.54, 1.807) is 18.3 Å². The van der Waals surface area contributed by atoms with Gasteiger partial charge in [-0.2, -0.15) is 0 Å². The van der Waals surface area contributed by atoms with Gasteiger partial charge in [-0.05, 0) is 43.9 Å². The molecular formula is C19H22FN3O3.